The van der Waals surface area contributed by atoms with Crippen LogP contribution in [0.4, 0.5) is 20.4 Å². The van der Waals surface area contributed by atoms with Crippen LogP contribution in [-0.2, 0) is 16.6 Å². The number of amides is 1. The number of alkyl halides is 2. The van der Waals surface area contributed by atoms with E-state index in [2.05, 4.69) is 25.9 Å². The van der Waals surface area contributed by atoms with Gasteiger partial charge in [-0.15, -0.1) is 0 Å². The summed E-state index contributed by atoms with van der Waals surface area (Å²) < 4.78 is 58.3. The molecule has 5 rings (SSSR count). The van der Waals surface area contributed by atoms with Gasteiger partial charge in [-0.25, -0.2) is 21.9 Å². The number of nitrogens with two attached hydrogens (primary N) is 1. The highest BCUT2D eigenvalue weighted by Crippen LogP contribution is 2.27. The number of piperidine rings is 2. The zero-order chi connectivity index (χ0) is 26.3. The molecule has 0 spiro atoms. The quantitative estimate of drug-likeness (QED) is 0.355. The van der Waals surface area contributed by atoms with Crippen LogP contribution in [0.1, 0.15) is 23.2 Å². The molecule has 4 unspecified atom stereocenters. The second kappa shape index (κ2) is 10.6. The number of likely N-dealkylation sites (tertiary alicyclic amines) is 1. The number of carbonyl (C=O) groups excluding carboxylic acids is 1. The maximum absolute atomic E-state index is 15.2. The van der Waals surface area contributed by atoms with Crippen molar-refractivity contribution in [3.8, 4) is 0 Å². The van der Waals surface area contributed by atoms with Gasteiger partial charge in [-0.2, -0.15) is 9.40 Å². The predicted molar refractivity (Wildman–Crippen MR) is 135 cm³/mol. The molecular weight excluding hydrogens is 508 g/mol. The van der Waals surface area contributed by atoms with Crippen molar-refractivity contribution in [3.05, 3.63) is 5.56 Å². The highest BCUT2D eigenvalue weighted by Gasteiger charge is 2.43. The lowest BCUT2D eigenvalue weighted by Crippen LogP contribution is -2.67. The van der Waals surface area contributed by atoms with Gasteiger partial charge in [-0.1, -0.05) is 0 Å². The predicted octanol–water partition coefficient (Wildman–Crippen LogP) is -1.32. The Kier molecular flexibility index (Phi) is 7.60. The van der Waals surface area contributed by atoms with Crippen molar-refractivity contribution >= 4 is 27.6 Å². The van der Waals surface area contributed by atoms with Crippen LogP contribution in [0.15, 0.2) is 0 Å². The number of anilines is 2. The summed E-state index contributed by atoms with van der Waals surface area (Å²) in [6.45, 7) is 3.44. The van der Waals surface area contributed by atoms with Crippen molar-refractivity contribution in [2.45, 2.75) is 49.1 Å². The van der Waals surface area contributed by atoms with Gasteiger partial charge in [0.1, 0.15) is 23.7 Å². The number of carbonyl (C=O) groups is 1. The average Bonchev–Trinajstić information content (AvgIpc) is 3.19. The first-order chi connectivity index (χ1) is 17.6. The van der Waals surface area contributed by atoms with Gasteiger partial charge in [0.25, 0.3) is 5.91 Å². The summed E-state index contributed by atoms with van der Waals surface area (Å²) in [6, 6.07) is -1.19. The number of nitrogens with one attached hydrogen (secondary N) is 3. The fraction of sp³-hybridized carbons (Fsp3) is 0.818. The third kappa shape index (κ3) is 5.28. The Balaban J connectivity index is 1.25. The first-order valence-electron chi connectivity index (χ1n) is 13.0. The standard InChI is InChI=1S/C22H37F2N9O3S/c1-30-4-2-15(3-5-30)37(35,36)32-8-6-31(7-9-32)19-16(24)11-26-12-17(19)28-22(34)18-20(25)29-33-13-14(23)10-27-21(18)33/h14-17,19,26-27H,2-13H2,1H3,(H2,25,29)(H,28,34). The van der Waals surface area contributed by atoms with Crippen LogP contribution < -0.4 is 21.7 Å². The molecule has 208 valence electrons. The molecule has 37 heavy (non-hydrogen) atoms. The Morgan fingerprint density at radius 1 is 1.08 bits per heavy atom. The molecule has 5 heterocycles. The molecule has 5 N–H and O–H groups in total. The Bertz CT molecular complexity index is 1090. The SMILES string of the molecule is CN1CCC(S(=O)(=O)N2CCN(C3C(F)CNCC3NC(=O)c3c(N)nn4c3NCC(F)C4)CC2)CC1. The van der Waals surface area contributed by atoms with Crippen LogP contribution in [0.25, 0.3) is 0 Å². The van der Waals surface area contributed by atoms with E-state index in [-0.39, 0.29) is 36.3 Å². The number of sulfonamides is 1. The first kappa shape index (κ1) is 26.5. The molecule has 3 saturated heterocycles. The van der Waals surface area contributed by atoms with Crippen LogP contribution in [0, 0.1) is 0 Å². The van der Waals surface area contributed by atoms with Crippen molar-refractivity contribution in [2.24, 2.45) is 0 Å². The van der Waals surface area contributed by atoms with Crippen molar-refractivity contribution in [1.82, 2.24) is 34.5 Å². The minimum absolute atomic E-state index is 0.00468. The van der Waals surface area contributed by atoms with E-state index in [0.717, 1.165) is 13.1 Å². The molecule has 1 aromatic rings. The van der Waals surface area contributed by atoms with Crippen LogP contribution in [0.5, 0.6) is 0 Å². The van der Waals surface area contributed by atoms with E-state index in [4.69, 9.17) is 5.73 Å². The smallest absolute Gasteiger partial charge is 0.259 e. The highest BCUT2D eigenvalue weighted by molar-refractivity contribution is 7.89. The van der Waals surface area contributed by atoms with E-state index in [0.29, 0.717) is 51.4 Å². The molecule has 0 saturated carbocycles. The van der Waals surface area contributed by atoms with E-state index in [1.807, 2.05) is 11.9 Å². The average molecular weight is 546 g/mol. The molecule has 4 aliphatic rings. The highest BCUT2D eigenvalue weighted by atomic mass is 32.2. The molecule has 0 radical (unpaired) electrons. The Hall–Kier alpha value is -2.07. The Labute approximate surface area is 215 Å². The van der Waals surface area contributed by atoms with E-state index in [1.54, 1.807) is 4.31 Å². The van der Waals surface area contributed by atoms with Gasteiger partial charge < -0.3 is 26.6 Å². The third-order valence-electron chi connectivity index (χ3n) is 8.01. The maximum atomic E-state index is 15.2. The molecular formula is C22H37F2N9O3S. The summed E-state index contributed by atoms with van der Waals surface area (Å²) in [6.07, 6.45) is -1.14. The van der Waals surface area contributed by atoms with Crippen LogP contribution in [0.2, 0.25) is 0 Å². The lowest BCUT2D eigenvalue weighted by Gasteiger charge is -2.46. The number of hydrogen-bond donors (Lipinski definition) is 4. The van der Waals surface area contributed by atoms with Gasteiger partial charge in [0.05, 0.1) is 23.9 Å². The zero-order valence-electron chi connectivity index (χ0n) is 21.1. The molecule has 4 aliphatic heterocycles. The Morgan fingerprint density at radius 3 is 2.49 bits per heavy atom. The summed E-state index contributed by atoms with van der Waals surface area (Å²) in [7, 11) is -1.41. The van der Waals surface area contributed by atoms with E-state index >= 15 is 4.39 Å². The van der Waals surface area contributed by atoms with Gasteiger partial charge >= 0.3 is 0 Å². The second-order valence-electron chi connectivity index (χ2n) is 10.5. The molecule has 1 amide bonds. The lowest BCUT2D eigenvalue weighted by molar-refractivity contribution is 0.0361. The van der Waals surface area contributed by atoms with Crippen molar-refractivity contribution in [3.63, 3.8) is 0 Å². The summed E-state index contributed by atoms with van der Waals surface area (Å²) >= 11 is 0. The van der Waals surface area contributed by atoms with Crippen LogP contribution >= 0.6 is 0 Å². The zero-order valence-corrected chi connectivity index (χ0v) is 21.9. The van der Waals surface area contributed by atoms with Crippen molar-refractivity contribution in [2.75, 3.05) is 77.0 Å². The van der Waals surface area contributed by atoms with Gasteiger partial charge in [-0.3, -0.25) is 9.69 Å². The van der Waals surface area contributed by atoms with E-state index in [9.17, 15) is 17.6 Å². The van der Waals surface area contributed by atoms with Crippen LogP contribution in [-0.4, -0.2) is 134 Å². The van der Waals surface area contributed by atoms with Crippen molar-refractivity contribution < 1.29 is 22.0 Å². The van der Waals surface area contributed by atoms with E-state index < -0.39 is 40.4 Å². The number of aromatic nitrogens is 2. The minimum Gasteiger partial charge on any atom is -0.381 e. The largest absolute Gasteiger partial charge is 0.381 e. The number of nitrogens with zero attached hydrogens (tertiary/aromatic N) is 5. The minimum atomic E-state index is -3.41. The fourth-order valence-corrected chi connectivity index (χ4v) is 7.86. The fourth-order valence-electron chi connectivity index (χ4n) is 5.96. The number of fused-ring (bicyclic) bond motifs is 1. The number of rotatable bonds is 5. The molecule has 0 aromatic carbocycles. The molecule has 4 atom stereocenters. The molecule has 0 aliphatic carbocycles. The summed E-state index contributed by atoms with van der Waals surface area (Å²) in [4.78, 5) is 17.3. The molecule has 1 aromatic heterocycles. The summed E-state index contributed by atoms with van der Waals surface area (Å²) in [5.74, 6) is -0.161. The van der Waals surface area contributed by atoms with Gasteiger partial charge in [0.2, 0.25) is 10.0 Å². The molecule has 0 bridgehead atoms. The Morgan fingerprint density at radius 2 is 1.78 bits per heavy atom. The number of nitrogen functional groups attached to an aromatic ring is 1. The van der Waals surface area contributed by atoms with Gasteiger partial charge in [0, 0.05) is 45.8 Å². The topological polar surface area (TPSA) is 141 Å². The monoisotopic (exact) mass is 545 g/mol. The first-order valence-corrected chi connectivity index (χ1v) is 14.5. The molecule has 15 heteroatoms. The lowest BCUT2D eigenvalue weighted by atomic mass is 9.96. The number of halogens is 2. The third-order valence-corrected chi connectivity index (χ3v) is 10.4. The number of hydrogen-bond acceptors (Lipinski definition) is 9. The number of piperazine rings is 1. The summed E-state index contributed by atoms with van der Waals surface area (Å²) in [5, 5.41) is 12.5. The van der Waals surface area contributed by atoms with E-state index in [1.165, 1.54) is 4.68 Å². The maximum Gasteiger partial charge on any atom is 0.259 e. The van der Waals surface area contributed by atoms with Crippen molar-refractivity contribution in [1.29, 1.82) is 0 Å². The second-order valence-corrected chi connectivity index (χ2v) is 12.7. The van der Waals surface area contributed by atoms with Gasteiger partial charge in [-0.05, 0) is 33.0 Å². The molecule has 3 fully saturated rings. The normalized spacial score (nSPS) is 31.0. The summed E-state index contributed by atoms with van der Waals surface area (Å²) in [5.41, 5.74) is 6.11. The van der Waals surface area contributed by atoms with Crippen LogP contribution in [0.3, 0.4) is 0 Å². The van der Waals surface area contributed by atoms with Gasteiger partial charge in [0.15, 0.2) is 5.82 Å². The molecule has 12 nitrogen and oxygen atoms in total.